The summed E-state index contributed by atoms with van der Waals surface area (Å²) in [6.45, 7) is 2.09. The molecule has 21 heavy (non-hydrogen) atoms. The number of nitrogens with zero attached hydrogens (tertiary/aromatic N) is 1. The Hall–Kier alpha value is -1.47. The van der Waals surface area contributed by atoms with E-state index in [0.29, 0.717) is 22.9 Å². The van der Waals surface area contributed by atoms with Crippen molar-refractivity contribution in [2.45, 2.75) is 13.3 Å². The molecule has 0 saturated carbocycles. The van der Waals surface area contributed by atoms with Crippen molar-refractivity contribution in [1.82, 2.24) is 5.32 Å². The van der Waals surface area contributed by atoms with Gasteiger partial charge >= 0.3 is 0 Å². The summed E-state index contributed by atoms with van der Waals surface area (Å²) in [5.41, 5.74) is 0.425. The molecule has 1 aromatic carbocycles. The smallest absolute Gasteiger partial charge is 0.232 e. The topological polar surface area (TPSA) is 75.7 Å². The van der Waals surface area contributed by atoms with Gasteiger partial charge < -0.3 is 10.1 Å². The summed E-state index contributed by atoms with van der Waals surface area (Å²) >= 11 is 6.01. The molecule has 1 rings (SSSR count). The summed E-state index contributed by atoms with van der Waals surface area (Å²) in [5.74, 6) is 0.337. The molecule has 0 aliphatic rings. The molecule has 0 heterocycles. The lowest BCUT2D eigenvalue weighted by atomic mass is 10.3. The average Bonchev–Trinajstić information content (AvgIpc) is 2.41. The maximum absolute atomic E-state index is 11.9. The number of carbonyl (C=O) groups is 1. The van der Waals surface area contributed by atoms with Gasteiger partial charge in [-0.15, -0.1) is 0 Å². The van der Waals surface area contributed by atoms with Crippen molar-refractivity contribution in [2.24, 2.45) is 0 Å². The number of halogens is 1. The lowest BCUT2D eigenvalue weighted by Gasteiger charge is -2.23. The molecule has 1 N–H and O–H groups in total. The molecular formula is C13H19ClN2O4S. The van der Waals surface area contributed by atoms with Crippen LogP contribution in [0.1, 0.15) is 13.3 Å². The lowest BCUT2D eigenvalue weighted by Crippen LogP contribution is -2.38. The molecule has 6 nitrogen and oxygen atoms in total. The Bertz CT molecular complexity index is 604. The minimum atomic E-state index is -3.48. The second-order valence-electron chi connectivity index (χ2n) is 4.36. The lowest BCUT2D eigenvalue weighted by molar-refractivity contribution is -0.120. The van der Waals surface area contributed by atoms with Crippen LogP contribution in [0.4, 0.5) is 5.69 Å². The van der Waals surface area contributed by atoms with Gasteiger partial charge in [0, 0.05) is 13.0 Å². The zero-order chi connectivity index (χ0) is 16.0. The van der Waals surface area contributed by atoms with Gasteiger partial charge in [0.1, 0.15) is 5.75 Å². The molecule has 8 heteroatoms. The quantitative estimate of drug-likeness (QED) is 0.822. The number of methoxy groups -OCH3 is 1. The summed E-state index contributed by atoms with van der Waals surface area (Å²) in [6, 6.07) is 4.72. The number of amides is 1. The predicted molar refractivity (Wildman–Crippen MR) is 83.5 cm³/mol. The first-order valence-electron chi connectivity index (χ1n) is 6.37. The maximum Gasteiger partial charge on any atom is 0.232 e. The molecule has 0 spiro atoms. The van der Waals surface area contributed by atoms with Crippen LogP contribution in [0.15, 0.2) is 18.2 Å². The van der Waals surface area contributed by atoms with Crippen LogP contribution in [0, 0.1) is 0 Å². The first kappa shape index (κ1) is 17.6. The Kier molecular flexibility index (Phi) is 6.29. The van der Waals surface area contributed by atoms with E-state index in [-0.39, 0.29) is 19.0 Å². The number of carbonyl (C=O) groups excluding carboxylic acids is 1. The Morgan fingerprint density at radius 3 is 2.57 bits per heavy atom. The number of nitrogens with one attached hydrogen (secondary N) is 1. The molecule has 0 aliphatic carbocycles. The van der Waals surface area contributed by atoms with Gasteiger partial charge in [0.25, 0.3) is 0 Å². The predicted octanol–water partition coefficient (Wildman–Crippen LogP) is 1.64. The van der Waals surface area contributed by atoms with Crippen molar-refractivity contribution in [3.63, 3.8) is 0 Å². The first-order chi connectivity index (χ1) is 9.79. The minimum absolute atomic E-state index is 0.129. The Morgan fingerprint density at radius 1 is 1.43 bits per heavy atom. The third-order valence-corrected chi connectivity index (χ3v) is 4.27. The Balaban J connectivity index is 2.93. The van der Waals surface area contributed by atoms with Gasteiger partial charge in [-0.05, 0) is 18.2 Å². The molecule has 1 aromatic rings. The van der Waals surface area contributed by atoms with Crippen LogP contribution in [0.2, 0.25) is 5.02 Å². The SMILES string of the molecule is CCC(=O)NCCN(c1ccc(OC)c(Cl)c1)S(C)(=O)=O. The highest BCUT2D eigenvalue weighted by molar-refractivity contribution is 7.92. The van der Waals surface area contributed by atoms with Crippen molar-refractivity contribution in [3.05, 3.63) is 23.2 Å². The number of anilines is 1. The van der Waals surface area contributed by atoms with Gasteiger partial charge in [0.05, 0.1) is 30.6 Å². The summed E-state index contributed by atoms with van der Waals surface area (Å²) in [4.78, 5) is 11.2. The normalized spacial score (nSPS) is 11.0. The highest BCUT2D eigenvalue weighted by Gasteiger charge is 2.18. The first-order valence-corrected chi connectivity index (χ1v) is 8.60. The molecular weight excluding hydrogens is 316 g/mol. The van der Waals surface area contributed by atoms with Gasteiger partial charge in [0.2, 0.25) is 15.9 Å². The fourth-order valence-electron chi connectivity index (χ4n) is 1.72. The zero-order valence-corrected chi connectivity index (χ0v) is 13.8. The van der Waals surface area contributed by atoms with Crippen LogP contribution >= 0.6 is 11.6 Å². The second-order valence-corrected chi connectivity index (χ2v) is 6.67. The summed E-state index contributed by atoms with van der Waals surface area (Å²) in [5, 5.41) is 2.96. The molecule has 0 aliphatic heterocycles. The van der Waals surface area contributed by atoms with E-state index in [1.807, 2.05) is 0 Å². The highest BCUT2D eigenvalue weighted by Crippen LogP contribution is 2.29. The maximum atomic E-state index is 11.9. The number of hydrogen-bond donors (Lipinski definition) is 1. The molecule has 1 amide bonds. The van der Waals surface area contributed by atoms with Gasteiger partial charge in [-0.1, -0.05) is 18.5 Å². The standard InChI is InChI=1S/C13H19ClN2O4S/c1-4-13(17)15-7-8-16(21(3,18)19)10-5-6-12(20-2)11(14)9-10/h5-6,9H,4,7-8H2,1-3H3,(H,15,17). The van der Waals surface area contributed by atoms with Crippen molar-refractivity contribution < 1.29 is 17.9 Å². The van der Waals surface area contributed by atoms with Crippen molar-refractivity contribution in [1.29, 1.82) is 0 Å². The van der Waals surface area contributed by atoms with Crippen LogP contribution in [0.3, 0.4) is 0 Å². The van der Waals surface area contributed by atoms with Crippen molar-refractivity contribution >= 4 is 33.2 Å². The van der Waals surface area contributed by atoms with Crippen LogP contribution in [0.5, 0.6) is 5.75 Å². The van der Waals surface area contributed by atoms with Crippen LogP contribution in [-0.2, 0) is 14.8 Å². The summed E-state index contributed by atoms with van der Waals surface area (Å²) < 4.78 is 30.0. The van der Waals surface area contributed by atoms with Crippen LogP contribution < -0.4 is 14.4 Å². The van der Waals surface area contributed by atoms with Gasteiger partial charge in [-0.25, -0.2) is 8.42 Å². The van der Waals surface area contributed by atoms with E-state index in [1.165, 1.54) is 17.5 Å². The van der Waals surface area contributed by atoms with Gasteiger partial charge in [-0.2, -0.15) is 0 Å². The average molecular weight is 335 g/mol. The molecule has 0 saturated heterocycles. The van der Waals surface area contributed by atoms with E-state index >= 15 is 0 Å². The molecule has 0 fully saturated rings. The third-order valence-electron chi connectivity index (χ3n) is 2.78. The Morgan fingerprint density at radius 2 is 2.10 bits per heavy atom. The molecule has 0 aromatic heterocycles. The van der Waals surface area contributed by atoms with E-state index in [9.17, 15) is 13.2 Å². The number of sulfonamides is 1. The van der Waals surface area contributed by atoms with Crippen molar-refractivity contribution in [3.8, 4) is 5.75 Å². The minimum Gasteiger partial charge on any atom is -0.495 e. The third kappa shape index (κ3) is 5.09. The molecule has 118 valence electrons. The molecule has 0 unspecified atom stereocenters. The largest absolute Gasteiger partial charge is 0.495 e. The summed E-state index contributed by atoms with van der Waals surface area (Å²) in [6.07, 6.45) is 1.46. The van der Waals surface area contributed by atoms with E-state index in [2.05, 4.69) is 5.32 Å². The second kappa shape index (κ2) is 7.51. The number of rotatable bonds is 7. The number of benzene rings is 1. The number of hydrogen-bond acceptors (Lipinski definition) is 4. The molecule has 0 radical (unpaired) electrons. The zero-order valence-electron chi connectivity index (χ0n) is 12.2. The van der Waals surface area contributed by atoms with E-state index in [4.69, 9.17) is 16.3 Å². The molecule has 0 bridgehead atoms. The van der Waals surface area contributed by atoms with Crippen LogP contribution in [-0.4, -0.2) is 40.8 Å². The van der Waals surface area contributed by atoms with Crippen molar-refractivity contribution in [2.75, 3.05) is 30.8 Å². The van der Waals surface area contributed by atoms with E-state index < -0.39 is 10.0 Å². The fraction of sp³-hybridized carbons (Fsp3) is 0.462. The molecule has 0 atom stereocenters. The van der Waals surface area contributed by atoms with Gasteiger partial charge in [0.15, 0.2) is 0 Å². The Labute approximate surface area is 130 Å². The van der Waals surface area contributed by atoms with E-state index in [1.54, 1.807) is 19.1 Å². The number of ether oxygens (including phenoxy) is 1. The van der Waals surface area contributed by atoms with Gasteiger partial charge in [-0.3, -0.25) is 9.10 Å². The summed E-state index contributed by atoms with van der Waals surface area (Å²) in [7, 11) is -1.99. The van der Waals surface area contributed by atoms with Crippen LogP contribution in [0.25, 0.3) is 0 Å². The monoisotopic (exact) mass is 334 g/mol. The fourth-order valence-corrected chi connectivity index (χ4v) is 2.89. The van der Waals surface area contributed by atoms with E-state index in [0.717, 1.165) is 6.26 Å². The highest BCUT2D eigenvalue weighted by atomic mass is 35.5.